The van der Waals surface area contributed by atoms with E-state index in [0.29, 0.717) is 6.42 Å². The molecule has 0 aromatic heterocycles. The van der Waals surface area contributed by atoms with Crippen LogP contribution in [0.3, 0.4) is 0 Å². The highest BCUT2D eigenvalue weighted by atomic mass is 16.7. The summed E-state index contributed by atoms with van der Waals surface area (Å²) in [4.78, 5) is 13.0. The summed E-state index contributed by atoms with van der Waals surface area (Å²) in [5.41, 5.74) is 0. The lowest BCUT2D eigenvalue weighted by atomic mass is 9.99. The van der Waals surface area contributed by atoms with E-state index in [9.17, 15) is 30.3 Å². The fourth-order valence-corrected chi connectivity index (χ4v) is 8.51. The first kappa shape index (κ1) is 58.7. The number of aliphatic hydroxyl groups is 5. The first-order valence-electron chi connectivity index (χ1n) is 26.6. The van der Waals surface area contributed by atoms with E-state index in [1.807, 2.05) is 6.08 Å². The second-order valence-corrected chi connectivity index (χ2v) is 18.7. The van der Waals surface area contributed by atoms with E-state index in [0.717, 1.165) is 38.5 Å². The van der Waals surface area contributed by atoms with Crippen molar-refractivity contribution in [2.24, 2.45) is 0 Å². The summed E-state index contributed by atoms with van der Waals surface area (Å²) in [6.45, 7) is 3.76. The third kappa shape index (κ3) is 33.2. The van der Waals surface area contributed by atoms with E-state index in [1.165, 1.54) is 193 Å². The van der Waals surface area contributed by atoms with Crippen molar-refractivity contribution in [3.05, 3.63) is 24.3 Å². The van der Waals surface area contributed by atoms with Crippen molar-refractivity contribution in [3.8, 4) is 0 Å². The smallest absolute Gasteiger partial charge is 0.220 e. The third-order valence-corrected chi connectivity index (χ3v) is 12.8. The summed E-state index contributed by atoms with van der Waals surface area (Å²) in [6, 6.07) is -0.800. The van der Waals surface area contributed by atoms with Crippen LogP contribution in [0, 0.1) is 0 Å². The Bertz CT molecular complexity index is 1020. The summed E-state index contributed by atoms with van der Waals surface area (Å²) >= 11 is 0. The topological polar surface area (TPSA) is 149 Å². The molecule has 6 N–H and O–H groups in total. The van der Waals surface area contributed by atoms with E-state index in [1.54, 1.807) is 6.08 Å². The lowest BCUT2D eigenvalue weighted by Gasteiger charge is -2.40. The van der Waals surface area contributed by atoms with Gasteiger partial charge in [-0.2, -0.15) is 0 Å². The molecule has 0 aromatic rings. The molecule has 1 amide bonds. The molecule has 0 saturated carbocycles. The van der Waals surface area contributed by atoms with Crippen LogP contribution in [0.1, 0.15) is 251 Å². The minimum absolute atomic E-state index is 0.177. The van der Waals surface area contributed by atoms with Crippen molar-refractivity contribution < 1.29 is 39.8 Å². The predicted octanol–water partition coefficient (Wildman–Crippen LogP) is 12.2. The van der Waals surface area contributed by atoms with Crippen molar-refractivity contribution in [2.45, 2.75) is 294 Å². The van der Waals surface area contributed by atoms with E-state index in [-0.39, 0.29) is 12.5 Å². The van der Waals surface area contributed by atoms with Crippen molar-refractivity contribution >= 4 is 5.91 Å². The van der Waals surface area contributed by atoms with Crippen LogP contribution < -0.4 is 5.32 Å². The van der Waals surface area contributed by atoms with Crippen molar-refractivity contribution in [2.75, 3.05) is 13.2 Å². The Hall–Kier alpha value is -1.33. The summed E-state index contributed by atoms with van der Waals surface area (Å²) < 4.78 is 11.2. The van der Waals surface area contributed by atoms with Crippen molar-refractivity contribution in [1.82, 2.24) is 5.32 Å². The summed E-state index contributed by atoms with van der Waals surface area (Å²) in [5.74, 6) is -0.177. The molecule has 0 bridgehead atoms. The van der Waals surface area contributed by atoms with Gasteiger partial charge in [0.05, 0.1) is 25.4 Å². The number of hydrogen-bond acceptors (Lipinski definition) is 8. The van der Waals surface area contributed by atoms with E-state index in [4.69, 9.17) is 9.47 Å². The maximum Gasteiger partial charge on any atom is 0.220 e. The predicted molar refractivity (Wildman–Crippen MR) is 258 cm³/mol. The number of unbranched alkanes of at least 4 members (excludes halogenated alkanes) is 33. The van der Waals surface area contributed by atoms with Gasteiger partial charge in [-0.1, -0.05) is 224 Å². The molecule has 1 fully saturated rings. The van der Waals surface area contributed by atoms with Crippen LogP contribution >= 0.6 is 0 Å². The molecule has 9 nitrogen and oxygen atoms in total. The molecule has 0 aromatic carbocycles. The quantitative estimate of drug-likeness (QED) is 0.0262. The van der Waals surface area contributed by atoms with Crippen LogP contribution in [0.5, 0.6) is 0 Å². The highest BCUT2D eigenvalue weighted by Gasteiger charge is 2.44. The van der Waals surface area contributed by atoms with E-state index < -0.39 is 49.5 Å². The number of carbonyl (C=O) groups is 1. The van der Waals surface area contributed by atoms with Crippen LogP contribution in [0.15, 0.2) is 24.3 Å². The lowest BCUT2D eigenvalue weighted by Crippen LogP contribution is -2.60. The molecule has 62 heavy (non-hydrogen) atoms. The molecule has 1 saturated heterocycles. The van der Waals surface area contributed by atoms with Crippen LogP contribution in [0.25, 0.3) is 0 Å². The van der Waals surface area contributed by atoms with Gasteiger partial charge in [-0.25, -0.2) is 0 Å². The average molecular weight is 880 g/mol. The Morgan fingerprint density at radius 2 is 0.903 bits per heavy atom. The largest absolute Gasteiger partial charge is 0.394 e. The Balaban J connectivity index is 2.10. The van der Waals surface area contributed by atoms with E-state index in [2.05, 4.69) is 31.3 Å². The molecule has 9 heteroatoms. The number of nitrogens with one attached hydrogen (secondary N) is 1. The highest BCUT2D eigenvalue weighted by Crippen LogP contribution is 2.23. The Labute approximate surface area is 381 Å². The van der Waals surface area contributed by atoms with Crippen LogP contribution in [0.4, 0.5) is 0 Å². The van der Waals surface area contributed by atoms with Crippen LogP contribution in [0.2, 0.25) is 0 Å². The molecular weight excluding hydrogens is 779 g/mol. The van der Waals surface area contributed by atoms with Gasteiger partial charge in [0.15, 0.2) is 6.29 Å². The van der Waals surface area contributed by atoms with Crippen molar-refractivity contribution in [3.63, 3.8) is 0 Å². The molecule has 0 spiro atoms. The fourth-order valence-electron chi connectivity index (χ4n) is 8.51. The molecule has 1 rings (SSSR count). The maximum absolute atomic E-state index is 13.0. The number of hydrogen-bond donors (Lipinski definition) is 6. The third-order valence-electron chi connectivity index (χ3n) is 12.8. The second-order valence-electron chi connectivity index (χ2n) is 18.7. The summed E-state index contributed by atoms with van der Waals surface area (Å²) in [5, 5.41) is 54.1. The van der Waals surface area contributed by atoms with Gasteiger partial charge in [-0.15, -0.1) is 0 Å². The van der Waals surface area contributed by atoms with Gasteiger partial charge in [0.1, 0.15) is 24.4 Å². The molecule has 7 atom stereocenters. The maximum atomic E-state index is 13.0. The Morgan fingerprint density at radius 1 is 0.532 bits per heavy atom. The fraction of sp³-hybridized carbons (Fsp3) is 0.906. The number of carbonyl (C=O) groups excluding carboxylic acids is 1. The summed E-state index contributed by atoms with van der Waals surface area (Å²) in [6.07, 6.45) is 47.0. The van der Waals surface area contributed by atoms with Gasteiger partial charge in [-0.3, -0.25) is 4.79 Å². The standard InChI is InChI=1S/C53H101NO8/c1-3-5-7-9-11-13-14-15-16-17-18-19-20-21-22-23-24-25-26-27-28-29-30-31-32-33-35-37-39-41-43-49(57)54-46(47(56)42-40-38-36-34-12-10-8-6-4-2)45-61-53-52(60)51(59)50(58)48(44-55)62-53/h21-22,40,42,46-48,50-53,55-56,58-60H,3-20,23-39,41,43-45H2,1-2H3,(H,54,57)/b22-21-,42-40+. The molecule has 0 radical (unpaired) electrons. The monoisotopic (exact) mass is 880 g/mol. The number of amides is 1. The minimum atomic E-state index is -1.56. The number of ether oxygens (including phenoxy) is 2. The molecule has 1 heterocycles. The zero-order valence-corrected chi connectivity index (χ0v) is 40.4. The SMILES string of the molecule is CCCCCCCCC/C=C/C(O)C(COC1OC(CO)C(O)C(O)C1O)NC(=O)CCCCCCCCCCCCCCCC/C=C\CCCCCCCCCCCCCC. The van der Waals surface area contributed by atoms with Gasteiger partial charge >= 0.3 is 0 Å². The molecule has 366 valence electrons. The lowest BCUT2D eigenvalue weighted by molar-refractivity contribution is -0.302. The summed E-state index contributed by atoms with van der Waals surface area (Å²) in [7, 11) is 0. The molecule has 7 unspecified atom stereocenters. The molecule has 0 aliphatic carbocycles. The normalized spacial score (nSPS) is 20.4. The Kier molecular flexibility index (Phi) is 41.2. The van der Waals surface area contributed by atoms with Gasteiger partial charge in [0.2, 0.25) is 5.91 Å². The van der Waals surface area contributed by atoms with E-state index >= 15 is 0 Å². The Morgan fingerprint density at radius 3 is 1.31 bits per heavy atom. The number of aliphatic hydroxyl groups excluding tert-OH is 5. The molecule has 1 aliphatic rings. The first-order valence-corrected chi connectivity index (χ1v) is 26.6. The number of allylic oxidation sites excluding steroid dienone is 3. The molecular formula is C53H101NO8. The second kappa shape index (κ2) is 43.6. The van der Waals surface area contributed by atoms with Crippen LogP contribution in [-0.2, 0) is 14.3 Å². The van der Waals surface area contributed by atoms with Gasteiger partial charge < -0.3 is 40.3 Å². The minimum Gasteiger partial charge on any atom is -0.394 e. The average Bonchev–Trinajstić information content (AvgIpc) is 3.27. The van der Waals surface area contributed by atoms with Crippen LogP contribution in [-0.4, -0.2) is 87.5 Å². The van der Waals surface area contributed by atoms with Crippen molar-refractivity contribution in [1.29, 1.82) is 0 Å². The first-order chi connectivity index (χ1) is 30.3. The zero-order chi connectivity index (χ0) is 45.1. The molecule has 1 aliphatic heterocycles. The zero-order valence-electron chi connectivity index (χ0n) is 40.4. The highest BCUT2D eigenvalue weighted by molar-refractivity contribution is 5.76. The van der Waals surface area contributed by atoms with Gasteiger partial charge in [0.25, 0.3) is 0 Å². The number of rotatable bonds is 45. The van der Waals surface area contributed by atoms with Gasteiger partial charge in [0, 0.05) is 6.42 Å². The van der Waals surface area contributed by atoms with Gasteiger partial charge in [-0.05, 0) is 44.9 Å².